The van der Waals surface area contributed by atoms with Crippen LogP contribution in [-0.2, 0) is 6.61 Å². The highest BCUT2D eigenvalue weighted by atomic mass is 19.1. The molecule has 0 aliphatic rings. The second-order valence-electron chi connectivity index (χ2n) is 6.37. The first-order valence-corrected chi connectivity index (χ1v) is 8.17. The van der Waals surface area contributed by atoms with Crippen molar-refractivity contribution >= 4 is 5.91 Å². The van der Waals surface area contributed by atoms with Gasteiger partial charge in [0, 0.05) is 12.1 Å². The number of aromatic nitrogens is 2. The first kappa shape index (κ1) is 18.0. The molecule has 0 unspecified atom stereocenters. The van der Waals surface area contributed by atoms with Gasteiger partial charge in [0.05, 0.1) is 5.69 Å². The van der Waals surface area contributed by atoms with Gasteiger partial charge in [-0.15, -0.1) is 0 Å². The van der Waals surface area contributed by atoms with Crippen LogP contribution < -0.4 is 10.1 Å². The van der Waals surface area contributed by atoms with Crippen molar-refractivity contribution in [1.29, 1.82) is 0 Å². The number of hydrogen-bond acceptors (Lipinski definition) is 3. The Hall–Kier alpha value is -2.37. The molecule has 0 bridgehead atoms. The summed E-state index contributed by atoms with van der Waals surface area (Å²) in [7, 11) is 0. The molecule has 0 saturated carbocycles. The first-order valence-electron chi connectivity index (χ1n) is 8.17. The van der Waals surface area contributed by atoms with Crippen molar-refractivity contribution in [2.24, 2.45) is 5.92 Å². The molecule has 2 aromatic rings. The number of halogens is 1. The van der Waals surface area contributed by atoms with Gasteiger partial charge in [-0.05, 0) is 43.9 Å². The highest BCUT2D eigenvalue weighted by Gasteiger charge is 2.14. The zero-order chi connectivity index (χ0) is 17.5. The molecule has 24 heavy (non-hydrogen) atoms. The number of carbonyl (C=O) groups is 1. The van der Waals surface area contributed by atoms with Crippen molar-refractivity contribution in [1.82, 2.24) is 15.5 Å². The molecule has 1 heterocycles. The minimum absolute atomic E-state index is 0.101. The van der Waals surface area contributed by atoms with Crippen LogP contribution in [-0.4, -0.2) is 22.1 Å². The molecule has 1 amide bonds. The Kier molecular flexibility index (Phi) is 6.35. The summed E-state index contributed by atoms with van der Waals surface area (Å²) < 4.78 is 18.6. The zero-order valence-corrected chi connectivity index (χ0v) is 14.3. The minimum Gasteiger partial charge on any atom is -0.487 e. The number of aromatic amines is 1. The second-order valence-corrected chi connectivity index (χ2v) is 6.37. The number of amides is 1. The van der Waals surface area contributed by atoms with Gasteiger partial charge < -0.3 is 10.1 Å². The van der Waals surface area contributed by atoms with Crippen molar-refractivity contribution < 1.29 is 13.9 Å². The summed E-state index contributed by atoms with van der Waals surface area (Å²) in [5.74, 6) is 0.478. The molecule has 0 aliphatic carbocycles. The molecule has 0 saturated heterocycles. The lowest BCUT2D eigenvalue weighted by Gasteiger charge is -2.14. The van der Waals surface area contributed by atoms with E-state index in [1.807, 2.05) is 6.92 Å². The van der Waals surface area contributed by atoms with Crippen LogP contribution in [0.4, 0.5) is 4.39 Å². The third-order valence-electron chi connectivity index (χ3n) is 3.61. The lowest BCUT2D eigenvalue weighted by atomic mass is 10.0. The summed E-state index contributed by atoms with van der Waals surface area (Å²) >= 11 is 0. The minimum atomic E-state index is -0.354. The Morgan fingerprint density at radius 2 is 2.08 bits per heavy atom. The predicted molar refractivity (Wildman–Crippen MR) is 90.3 cm³/mol. The van der Waals surface area contributed by atoms with Crippen LogP contribution in [0.5, 0.6) is 5.75 Å². The average Bonchev–Trinajstić information content (AvgIpc) is 3.00. The highest BCUT2D eigenvalue weighted by Crippen LogP contribution is 2.14. The lowest BCUT2D eigenvalue weighted by Crippen LogP contribution is -2.33. The van der Waals surface area contributed by atoms with Gasteiger partial charge in [0.25, 0.3) is 5.91 Å². The Labute approximate surface area is 141 Å². The van der Waals surface area contributed by atoms with E-state index in [4.69, 9.17) is 4.74 Å². The van der Waals surface area contributed by atoms with Gasteiger partial charge in [-0.1, -0.05) is 19.9 Å². The summed E-state index contributed by atoms with van der Waals surface area (Å²) in [5, 5.41) is 9.70. The van der Waals surface area contributed by atoms with Crippen molar-refractivity contribution in [3.63, 3.8) is 0 Å². The number of rotatable bonds is 8. The quantitative estimate of drug-likeness (QED) is 0.774. The molecular weight excluding hydrogens is 309 g/mol. The van der Waals surface area contributed by atoms with Gasteiger partial charge in [0.15, 0.2) is 0 Å². The fourth-order valence-corrected chi connectivity index (χ4v) is 2.22. The van der Waals surface area contributed by atoms with Crippen LogP contribution in [0.15, 0.2) is 30.3 Å². The van der Waals surface area contributed by atoms with Crippen LogP contribution in [0.1, 0.15) is 49.8 Å². The van der Waals surface area contributed by atoms with Gasteiger partial charge >= 0.3 is 0 Å². The highest BCUT2D eigenvalue weighted by molar-refractivity contribution is 5.92. The van der Waals surface area contributed by atoms with Crippen LogP contribution in [0.25, 0.3) is 0 Å². The summed E-state index contributed by atoms with van der Waals surface area (Å²) in [6.07, 6.45) is 2.00. The molecule has 1 aromatic heterocycles. The van der Waals surface area contributed by atoms with Gasteiger partial charge in [-0.3, -0.25) is 9.89 Å². The molecule has 0 aliphatic heterocycles. The normalized spacial score (nSPS) is 12.2. The topological polar surface area (TPSA) is 67.0 Å². The summed E-state index contributed by atoms with van der Waals surface area (Å²) in [6.45, 7) is 6.49. The molecule has 5 nitrogen and oxygen atoms in total. The van der Waals surface area contributed by atoms with Crippen molar-refractivity contribution in [2.75, 3.05) is 0 Å². The number of nitrogens with one attached hydrogen (secondary N) is 2. The monoisotopic (exact) mass is 333 g/mol. The van der Waals surface area contributed by atoms with Crippen LogP contribution in [0.3, 0.4) is 0 Å². The molecule has 0 radical (unpaired) electrons. The van der Waals surface area contributed by atoms with Gasteiger partial charge in [-0.2, -0.15) is 5.10 Å². The van der Waals surface area contributed by atoms with E-state index < -0.39 is 0 Å². The summed E-state index contributed by atoms with van der Waals surface area (Å²) in [5.41, 5.74) is 0.975. The Bertz CT molecular complexity index is 670. The van der Waals surface area contributed by atoms with E-state index in [0.717, 1.165) is 12.8 Å². The molecule has 1 atom stereocenters. The number of benzene rings is 1. The maximum absolute atomic E-state index is 13.1. The molecule has 0 spiro atoms. The Balaban J connectivity index is 1.84. The maximum atomic E-state index is 13.1. The second kappa shape index (κ2) is 8.47. The number of nitrogens with zero attached hydrogens (tertiary/aromatic N) is 1. The van der Waals surface area contributed by atoms with Crippen molar-refractivity contribution in [3.8, 4) is 5.75 Å². The van der Waals surface area contributed by atoms with Gasteiger partial charge in [0.2, 0.25) is 0 Å². The first-order chi connectivity index (χ1) is 11.4. The molecule has 130 valence electrons. The number of carbonyl (C=O) groups excluding carboxylic acids is 1. The largest absolute Gasteiger partial charge is 0.487 e. The lowest BCUT2D eigenvalue weighted by molar-refractivity contribution is 0.0932. The zero-order valence-electron chi connectivity index (χ0n) is 14.3. The van der Waals surface area contributed by atoms with Gasteiger partial charge in [-0.25, -0.2) is 4.39 Å². The molecule has 0 fully saturated rings. The van der Waals surface area contributed by atoms with E-state index in [-0.39, 0.29) is 24.4 Å². The maximum Gasteiger partial charge on any atom is 0.271 e. The van der Waals surface area contributed by atoms with Crippen LogP contribution >= 0.6 is 0 Å². The van der Waals surface area contributed by atoms with Crippen LogP contribution in [0.2, 0.25) is 0 Å². The summed E-state index contributed by atoms with van der Waals surface area (Å²) in [4.78, 5) is 12.1. The van der Waals surface area contributed by atoms with Gasteiger partial charge in [0.1, 0.15) is 23.9 Å². The van der Waals surface area contributed by atoms with Crippen molar-refractivity contribution in [2.45, 2.75) is 46.3 Å². The molecular formula is C18H24FN3O2. The predicted octanol–water partition coefficient (Wildman–Crippen LogP) is 3.68. The van der Waals surface area contributed by atoms with E-state index >= 15 is 0 Å². The van der Waals surface area contributed by atoms with E-state index in [0.29, 0.717) is 23.1 Å². The molecule has 1 aromatic carbocycles. The average molecular weight is 333 g/mol. The summed E-state index contributed by atoms with van der Waals surface area (Å²) in [6, 6.07) is 7.65. The van der Waals surface area contributed by atoms with E-state index in [1.165, 1.54) is 12.1 Å². The van der Waals surface area contributed by atoms with Crippen LogP contribution in [0, 0.1) is 11.7 Å². The van der Waals surface area contributed by atoms with E-state index in [1.54, 1.807) is 18.2 Å². The smallest absolute Gasteiger partial charge is 0.271 e. The number of ether oxygens (including phenoxy) is 1. The Morgan fingerprint density at radius 3 is 2.79 bits per heavy atom. The third kappa shape index (κ3) is 5.68. The standard InChI is InChI=1S/C18H24FN3O2/c1-12(2)7-8-13(3)20-18(23)17-10-15(21-22-17)11-24-16-6-4-5-14(19)9-16/h4-6,9-10,12-13H,7-8,11H2,1-3H3,(H,20,23)(H,21,22)/t13-/m1/s1. The van der Waals surface area contributed by atoms with E-state index in [2.05, 4.69) is 29.4 Å². The van der Waals surface area contributed by atoms with E-state index in [9.17, 15) is 9.18 Å². The molecule has 6 heteroatoms. The number of H-pyrrole nitrogens is 1. The Morgan fingerprint density at radius 1 is 1.29 bits per heavy atom. The SMILES string of the molecule is CC(C)CC[C@@H](C)NC(=O)c1cc(COc2cccc(F)c2)[nH]n1. The molecule has 2 N–H and O–H groups in total. The number of hydrogen-bond donors (Lipinski definition) is 2. The fourth-order valence-electron chi connectivity index (χ4n) is 2.22. The molecule has 2 rings (SSSR count). The third-order valence-corrected chi connectivity index (χ3v) is 3.61. The fraction of sp³-hybridized carbons (Fsp3) is 0.444. The van der Waals surface area contributed by atoms with Crippen molar-refractivity contribution in [3.05, 3.63) is 47.5 Å².